The maximum absolute atomic E-state index is 14.4. The fraction of sp³-hybridized carbons (Fsp3) is 0.250. The van der Waals surface area contributed by atoms with E-state index in [0.717, 1.165) is 4.90 Å². The molecule has 120 valence electrons. The summed E-state index contributed by atoms with van der Waals surface area (Å²) in [6, 6.07) is 7.82. The minimum Gasteiger partial charge on any atom is -0.389 e. The van der Waals surface area contributed by atoms with Gasteiger partial charge in [-0.25, -0.2) is 4.98 Å². The fourth-order valence-electron chi connectivity index (χ4n) is 2.70. The molecule has 1 aliphatic rings. The van der Waals surface area contributed by atoms with E-state index in [4.69, 9.17) is 0 Å². The molecule has 1 N–H and O–H groups in total. The first-order valence-corrected chi connectivity index (χ1v) is 7.73. The lowest BCUT2D eigenvalue weighted by Crippen LogP contribution is -2.34. The number of fused-ring (bicyclic) bond motifs is 1. The lowest BCUT2D eigenvalue weighted by molar-refractivity contribution is -0.141. The van der Waals surface area contributed by atoms with E-state index >= 15 is 0 Å². The van der Waals surface area contributed by atoms with Gasteiger partial charge in [-0.2, -0.15) is 8.78 Å². The number of hydrogen-bond acceptors (Lipinski definition) is 3. The van der Waals surface area contributed by atoms with E-state index in [1.807, 2.05) is 0 Å². The lowest BCUT2D eigenvalue weighted by Gasteiger charge is -2.17. The number of aromatic nitrogens is 1. The third-order valence-corrected chi connectivity index (χ3v) is 4.24. The number of halogens is 3. The van der Waals surface area contributed by atoms with E-state index in [2.05, 4.69) is 20.9 Å². The van der Waals surface area contributed by atoms with E-state index in [9.17, 15) is 18.7 Å². The van der Waals surface area contributed by atoms with Crippen molar-refractivity contribution in [2.24, 2.45) is 0 Å². The van der Waals surface area contributed by atoms with Crippen LogP contribution in [-0.4, -0.2) is 16.0 Å². The second-order valence-corrected chi connectivity index (χ2v) is 6.18. The van der Waals surface area contributed by atoms with Gasteiger partial charge in [0.05, 0.1) is 23.9 Å². The van der Waals surface area contributed by atoms with Crippen LogP contribution >= 0.6 is 15.9 Å². The minimum atomic E-state index is -3.65. The molecule has 0 saturated carbocycles. The maximum atomic E-state index is 14.4. The van der Waals surface area contributed by atoms with Crippen LogP contribution in [0.4, 0.5) is 14.5 Å². The normalized spacial score (nSPS) is 17.3. The molecule has 2 aromatic rings. The van der Waals surface area contributed by atoms with E-state index < -0.39 is 23.5 Å². The van der Waals surface area contributed by atoms with Crippen LogP contribution < -0.4 is 4.90 Å². The molecule has 0 saturated heterocycles. The summed E-state index contributed by atoms with van der Waals surface area (Å²) in [4.78, 5) is 17.3. The molecule has 0 radical (unpaired) electrons. The van der Waals surface area contributed by atoms with Crippen LogP contribution in [0, 0.1) is 0 Å². The molecule has 23 heavy (non-hydrogen) atoms. The lowest BCUT2D eigenvalue weighted by atomic mass is 9.98. The Kier molecular flexibility index (Phi) is 3.93. The first-order chi connectivity index (χ1) is 10.8. The summed E-state index contributed by atoms with van der Waals surface area (Å²) < 4.78 is 29.5. The molecule has 1 aromatic heterocycles. The van der Waals surface area contributed by atoms with Gasteiger partial charge in [-0.15, -0.1) is 0 Å². The molecule has 1 atom stereocenters. The van der Waals surface area contributed by atoms with Crippen molar-refractivity contribution in [1.29, 1.82) is 0 Å². The van der Waals surface area contributed by atoms with Crippen molar-refractivity contribution in [2.75, 3.05) is 4.90 Å². The molecule has 0 bridgehead atoms. The number of rotatable bonds is 3. The minimum absolute atomic E-state index is 0.00896. The first-order valence-electron chi connectivity index (χ1n) is 6.94. The zero-order chi connectivity index (χ0) is 16.8. The molecular formula is C16H13BrF2N2O2. The molecular weight excluding hydrogens is 370 g/mol. The summed E-state index contributed by atoms with van der Waals surface area (Å²) in [7, 11) is 0. The Morgan fingerprint density at radius 2 is 2.09 bits per heavy atom. The standard InChI is InChI=1S/C16H13BrF2N2O2/c1-9(22)11-3-2-4-12-14(11)16(18,19)15(23)21(12)8-10-5-6-13(17)20-7-10/h2-7,9,22H,8H2,1H3/t9-/m0/s1. The summed E-state index contributed by atoms with van der Waals surface area (Å²) >= 11 is 3.20. The molecule has 0 fully saturated rings. The third-order valence-electron chi connectivity index (χ3n) is 3.77. The predicted octanol–water partition coefficient (Wildman–Crippen LogP) is 3.54. The number of pyridine rings is 1. The van der Waals surface area contributed by atoms with Gasteiger partial charge in [0, 0.05) is 6.20 Å². The SMILES string of the molecule is C[C@H](O)c1cccc2c1C(F)(F)C(=O)N2Cc1ccc(Br)nc1. The van der Waals surface area contributed by atoms with Gasteiger partial charge in [0.25, 0.3) is 0 Å². The predicted molar refractivity (Wildman–Crippen MR) is 84.1 cm³/mol. The third kappa shape index (κ3) is 2.64. The molecule has 3 rings (SSSR count). The average Bonchev–Trinajstić information content (AvgIpc) is 2.70. The van der Waals surface area contributed by atoms with Gasteiger partial charge in [-0.05, 0) is 46.1 Å². The zero-order valence-electron chi connectivity index (χ0n) is 12.1. The number of amides is 1. The van der Waals surface area contributed by atoms with Crippen LogP contribution in [0.5, 0.6) is 0 Å². The molecule has 1 aliphatic heterocycles. The highest BCUT2D eigenvalue weighted by Gasteiger charge is 2.54. The van der Waals surface area contributed by atoms with Crippen LogP contribution in [0.15, 0.2) is 41.1 Å². The van der Waals surface area contributed by atoms with Gasteiger partial charge in [-0.1, -0.05) is 18.2 Å². The number of nitrogens with zero attached hydrogens (tertiary/aromatic N) is 2. The van der Waals surface area contributed by atoms with Crippen LogP contribution in [0.2, 0.25) is 0 Å². The van der Waals surface area contributed by atoms with Gasteiger partial charge < -0.3 is 10.0 Å². The number of benzene rings is 1. The van der Waals surface area contributed by atoms with Gasteiger partial charge in [-0.3, -0.25) is 4.79 Å². The Balaban J connectivity index is 2.06. The number of hydrogen-bond donors (Lipinski definition) is 1. The van der Waals surface area contributed by atoms with Gasteiger partial charge >= 0.3 is 11.8 Å². The van der Waals surface area contributed by atoms with Crippen molar-refractivity contribution in [3.05, 3.63) is 57.8 Å². The Labute approximate surface area is 139 Å². The van der Waals surface area contributed by atoms with Crippen LogP contribution in [0.3, 0.4) is 0 Å². The van der Waals surface area contributed by atoms with Gasteiger partial charge in [0.2, 0.25) is 0 Å². The monoisotopic (exact) mass is 382 g/mol. The summed E-state index contributed by atoms with van der Waals surface area (Å²) in [6.45, 7) is 1.39. The van der Waals surface area contributed by atoms with E-state index in [-0.39, 0.29) is 17.8 Å². The Bertz CT molecular complexity index is 763. The van der Waals surface area contributed by atoms with Crippen molar-refractivity contribution >= 4 is 27.5 Å². The Morgan fingerprint density at radius 1 is 1.35 bits per heavy atom. The van der Waals surface area contributed by atoms with Crippen molar-refractivity contribution in [3.63, 3.8) is 0 Å². The number of carbonyl (C=O) groups excluding carboxylic acids is 1. The summed E-state index contributed by atoms with van der Waals surface area (Å²) in [6.07, 6.45) is 0.435. The van der Waals surface area contributed by atoms with Gasteiger partial charge in [0.15, 0.2) is 0 Å². The second kappa shape index (κ2) is 5.65. The number of aliphatic hydroxyl groups excluding tert-OH is 1. The van der Waals surface area contributed by atoms with Crippen molar-refractivity contribution in [2.45, 2.75) is 25.5 Å². The molecule has 4 nitrogen and oxygen atoms in total. The molecule has 0 aliphatic carbocycles. The van der Waals surface area contributed by atoms with E-state index in [0.29, 0.717) is 10.2 Å². The van der Waals surface area contributed by atoms with Crippen LogP contribution in [-0.2, 0) is 17.3 Å². The highest BCUT2D eigenvalue weighted by molar-refractivity contribution is 9.10. The smallest absolute Gasteiger partial charge is 0.352 e. The number of carbonyl (C=O) groups is 1. The second-order valence-electron chi connectivity index (χ2n) is 5.37. The van der Waals surface area contributed by atoms with E-state index in [1.165, 1.54) is 25.3 Å². The summed E-state index contributed by atoms with van der Waals surface area (Å²) in [5.74, 6) is -4.94. The Hall–Kier alpha value is -1.86. The topological polar surface area (TPSA) is 53.4 Å². The van der Waals surface area contributed by atoms with E-state index in [1.54, 1.807) is 18.2 Å². The largest absolute Gasteiger partial charge is 0.389 e. The number of aliphatic hydroxyl groups is 1. The molecule has 2 heterocycles. The Morgan fingerprint density at radius 3 is 2.70 bits per heavy atom. The van der Waals surface area contributed by atoms with Crippen LogP contribution in [0.1, 0.15) is 29.7 Å². The number of anilines is 1. The average molecular weight is 383 g/mol. The van der Waals surface area contributed by atoms with Crippen molar-refractivity contribution < 1.29 is 18.7 Å². The fourth-order valence-corrected chi connectivity index (χ4v) is 2.93. The highest BCUT2D eigenvalue weighted by Crippen LogP contribution is 2.47. The summed E-state index contributed by atoms with van der Waals surface area (Å²) in [5.41, 5.74) is 0.413. The van der Waals surface area contributed by atoms with Crippen LogP contribution in [0.25, 0.3) is 0 Å². The molecule has 1 amide bonds. The number of alkyl halides is 2. The highest BCUT2D eigenvalue weighted by atomic mass is 79.9. The quantitative estimate of drug-likeness (QED) is 0.826. The molecule has 7 heteroatoms. The zero-order valence-corrected chi connectivity index (χ0v) is 13.7. The summed E-state index contributed by atoms with van der Waals surface area (Å²) in [5, 5.41) is 9.73. The molecule has 1 aromatic carbocycles. The van der Waals surface area contributed by atoms with Gasteiger partial charge in [0.1, 0.15) is 4.60 Å². The first kappa shape index (κ1) is 16.0. The molecule has 0 unspecified atom stereocenters. The maximum Gasteiger partial charge on any atom is 0.352 e. The molecule has 0 spiro atoms. The van der Waals surface area contributed by atoms with Crippen molar-refractivity contribution in [1.82, 2.24) is 4.98 Å². The van der Waals surface area contributed by atoms with Crippen molar-refractivity contribution in [3.8, 4) is 0 Å².